The molecule has 0 saturated carbocycles. The van der Waals surface area contributed by atoms with Crippen LogP contribution in [0.3, 0.4) is 0 Å². The molecule has 0 heterocycles. The number of phenolic OH excluding ortho intramolecular Hbond substituents is 1. The van der Waals surface area contributed by atoms with Gasteiger partial charge in [0.05, 0.1) is 0 Å². The van der Waals surface area contributed by atoms with Crippen LogP contribution in [0.1, 0.15) is 44.2 Å². The van der Waals surface area contributed by atoms with Gasteiger partial charge in [-0.25, -0.2) is 0 Å². The summed E-state index contributed by atoms with van der Waals surface area (Å²) in [6.07, 6.45) is 2.05. The van der Waals surface area contributed by atoms with Gasteiger partial charge in [0.15, 0.2) is 0 Å². The minimum Gasteiger partial charge on any atom is -0.508 e. The molecule has 0 aliphatic heterocycles. The van der Waals surface area contributed by atoms with E-state index < -0.39 is 0 Å². The highest BCUT2D eigenvalue weighted by molar-refractivity contribution is 5.40. The lowest BCUT2D eigenvalue weighted by molar-refractivity contribution is 0.465. The maximum Gasteiger partial charge on any atom is 0.119 e. The smallest absolute Gasteiger partial charge is 0.119 e. The lowest BCUT2D eigenvalue weighted by Gasteiger charge is -2.13. The fourth-order valence-corrected chi connectivity index (χ4v) is 1.66. The quantitative estimate of drug-likeness (QED) is 0.751. The van der Waals surface area contributed by atoms with Crippen molar-refractivity contribution in [1.82, 2.24) is 0 Å². The first-order chi connectivity index (χ1) is 6.16. The fourth-order valence-electron chi connectivity index (χ4n) is 1.66. The predicted molar refractivity (Wildman–Crippen MR) is 56.2 cm³/mol. The van der Waals surface area contributed by atoms with Gasteiger partial charge in [-0.05, 0) is 29.5 Å². The molecule has 0 aliphatic carbocycles. The molecule has 0 aliphatic rings. The van der Waals surface area contributed by atoms with Crippen LogP contribution in [0.5, 0.6) is 5.75 Å². The molecule has 0 radical (unpaired) electrons. The average Bonchev–Trinajstić information content (AvgIpc) is 2.08. The molecule has 1 rings (SSSR count). The van der Waals surface area contributed by atoms with E-state index in [-0.39, 0.29) is 0 Å². The van der Waals surface area contributed by atoms with Crippen LogP contribution in [0, 0.1) is 0 Å². The molecule has 1 heteroatoms. The second kappa shape index (κ2) is 4.31. The molecule has 0 aromatic heterocycles. The molecule has 1 aromatic carbocycles. The molecule has 13 heavy (non-hydrogen) atoms. The highest BCUT2D eigenvalue weighted by Crippen LogP contribution is 2.27. The monoisotopic (exact) mass is 178 g/mol. The highest BCUT2D eigenvalue weighted by atomic mass is 16.3. The molecule has 0 atom stereocenters. The van der Waals surface area contributed by atoms with Crippen LogP contribution in [-0.2, 0) is 6.42 Å². The first-order valence-electron chi connectivity index (χ1n) is 4.97. The van der Waals surface area contributed by atoms with E-state index in [0.717, 1.165) is 18.4 Å². The molecule has 1 N–H and O–H groups in total. The van der Waals surface area contributed by atoms with Gasteiger partial charge < -0.3 is 5.11 Å². The van der Waals surface area contributed by atoms with Crippen LogP contribution < -0.4 is 0 Å². The van der Waals surface area contributed by atoms with Crippen molar-refractivity contribution in [1.29, 1.82) is 0 Å². The van der Waals surface area contributed by atoms with Crippen LogP contribution in [0.15, 0.2) is 18.2 Å². The van der Waals surface area contributed by atoms with E-state index in [4.69, 9.17) is 0 Å². The van der Waals surface area contributed by atoms with Crippen molar-refractivity contribution in [2.45, 2.75) is 39.5 Å². The Hall–Kier alpha value is -0.980. The van der Waals surface area contributed by atoms with Gasteiger partial charge in [-0.1, -0.05) is 39.3 Å². The van der Waals surface area contributed by atoms with Crippen molar-refractivity contribution < 1.29 is 5.11 Å². The maximum absolute atomic E-state index is 9.67. The lowest BCUT2D eigenvalue weighted by Crippen LogP contribution is -1.96. The summed E-state index contributed by atoms with van der Waals surface area (Å²) in [4.78, 5) is 0. The van der Waals surface area contributed by atoms with Crippen molar-refractivity contribution in [2.75, 3.05) is 0 Å². The summed E-state index contributed by atoms with van der Waals surface area (Å²) in [6.45, 7) is 6.46. The third-order valence-corrected chi connectivity index (χ3v) is 2.31. The number of hydrogen-bond acceptors (Lipinski definition) is 1. The second-order valence-electron chi connectivity index (χ2n) is 3.75. The van der Waals surface area contributed by atoms with Crippen molar-refractivity contribution in [3.63, 3.8) is 0 Å². The van der Waals surface area contributed by atoms with Gasteiger partial charge in [0.25, 0.3) is 0 Å². The Labute approximate surface area is 80.4 Å². The van der Waals surface area contributed by atoms with Gasteiger partial charge in [0.1, 0.15) is 5.75 Å². The number of rotatable bonds is 3. The van der Waals surface area contributed by atoms with Crippen molar-refractivity contribution >= 4 is 0 Å². The van der Waals surface area contributed by atoms with Crippen molar-refractivity contribution in [3.05, 3.63) is 29.3 Å². The zero-order valence-corrected chi connectivity index (χ0v) is 8.67. The number of hydrogen-bond donors (Lipinski definition) is 1. The average molecular weight is 178 g/mol. The van der Waals surface area contributed by atoms with E-state index in [1.807, 2.05) is 6.07 Å². The lowest BCUT2D eigenvalue weighted by atomic mass is 9.94. The Morgan fingerprint density at radius 3 is 2.54 bits per heavy atom. The maximum atomic E-state index is 9.67. The SMILES string of the molecule is CCCc1c(O)cccc1C(C)C. The Kier molecular flexibility index (Phi) is 3.35. The first-order valence-corrected chi connectivity index (χ1v) is 4.97. The van der Waals surface area contributed by atoms with Gasteiger partial charge in [-0.3, -0.25) is 0 Å². The van der Waals surface area contributed by atoms with E-state index in [2.05, 4.69) is 26.8 Å². The summed E-state index contributed by atoms with van der Waals surface area (Å²) in [5.41, 5.74) is 2.40. The van der Waals surface area contributed by atoms with Gasteiger partial charge in [-0.2, -0.15) is 0 Å². The number of benzene rings is 1. The normalized spacial score (nSPS) is 10.8. The molecule has 0 amide bonds. The summed E-state index contributed by atoms with van der Waals surface area (Å²) in [5.74, 6) is 0.946. The highest BCUT2D eigenvalue weighted by Gasteiger charge is 2.08. The summed E-state index contributed by atoms with van der Waals surface area (Å²) >= 11 is 0. The van der Waals surface area contributed by atoms with Crippen LogP contribution in [-0.4, -0.2) is 5.11 Å². The summed E-state index contributed by atoms with van der Waals surface area (Å²) in [7, 11) is 0. The minimum absolute atomic E-state index is 0.452. The molecular formula is C12H18O. The van der Waals surface area contributed by atoms with Gasteiger partial charge in [-0.15, -0.1) is 0 Å². The second-order valence-corrected chi connectivity index (χ2v) is 3.75. The summed E-state index contributed by atoms with van der Waals surface area (Å²) in [5, 5.41) is 9.67. The van der Waals surface area contributed by atoms with E-state index in [9.17, 15) is 5.11 Å². The number of phenols is 1. The van der Waals surface area contributed by atoms with Crippen molar-refractivity contribution in [3.8, 4) is 5.75 Å². The standard InChI is InChI=1S/C12H18O/c1-4-6-11-10(9(2)3)7-5-8-12(11)13/h5,7-9,13H,4,6H2,1-3H3. The largest absolute Gasteiger partial charge is 0.508 e. The Bertz CT molecular complexity index is 276. The minimum atomic E-state index is 0.452. The molecular weight excluding hydrogens is 160 g/mol. The molecule has 72 valence electrons. The van der Waals surface area contributed by atoms with Gasteiger partial charge in [0.2, 0.25) is 0 Å². The summed E-state index contributed by atoms with van der Waals surface area (Å²) < 4.78 is 0. The molecule has 1 nitrogen and oxygen atoms in total. The van der Waals surface area contributed by atoms with E-state index in [1.54, 1.807) is 6.07 Å². The zero-order chi connectivity index (χ0) is 9.84. The van der Waals surface area contributed by atoms with Gasteiger partial charge in [0, 0.05) is 0 Å². The Morgan fingerprint density at radius 1 is 1.31 bits per heavy atom. The van der Waals surface area contributed by atoms with Gasteiger partial charge >= 0.3 is 0 Å². The van der Waals surface area contributed by atoms with Crippen LogP contribution in [0.4, 0.5) is 0 Å². The van der Waals surface area contributed by atoms with E-state index in [1.165, 1.54) is 5.56 Å². The fraction of sp³-hybridized carbons (Fsp3) is 0.500. The van der Waals surface area contributed by atoms with E-state index >= 15 is 0 Å². The Balaban J connectivity index is 3.09. The van der Waals surface area contributed by atoms with E-state index in [0.29, 0.717) is 11.7 Å². The van der Waals surface area contributed by atoms with Crippen molar-refractivity contribution in [2.24, 2.45) is 0 Å². The zero-order valence-electron chi connectivity index (χ0n) is 8.67. The Morgan fingerprint density at radius 2 is 2.00 bits per heavy atom. The molecule has 0 spiro atoms. The topological polar surface area (TPSA) is 20.2 Å². The molecule has 0 saturated heterocycles. The van der Waals surface area contributed by atoms with Crippen LogP contribution in [0.2, 0.25) is 0 Å². The number of aromatic hydroxyl groups is 1. The third-order valence-electron chi connectivity index (χ3n) is 2.31. The molecule has 1 aromatic rings. The molecule has 0 unspecified atom stereocenters. The summed E-state index contributed by atoms with van der Waals surface area (Å²) in [6, 6.07) is 5.80. The predicted octanol–water partition coefficient (Wildman–Crippen LogP) is 3.47. The van der Waals surface area contributed by atoms with Crippen LogP contribution in [0.25, 0.3) is 0 Å². The first kappa shape index (κ1) is 10.1. The molecule has 0 fully saturated rings. The molecule has 0 bridgehead atoms. The van der Waals surface area contributed by atoms with Crippen LogP contribution >= 0.6 is 0 Å². The third kappa shape index (κ3) is 2.24.